The average molecular weight is 622 g/mol. The molecule has 2 saturated heterocycles. The Labute approximate surface area is 265 Å². The predicted molar refractivity (Wildman–Crippen MR) is 170 cm³/mol. The van der Waals surface area contributed by atoms with Crippen LogP contribution in [0.15, 0.2) is 60.7 Å². The van der Waals surface area contributed by atoms with E-state index >= 15 is 0 Å². The van der Waals surface area contributed by atoms with Crippen molar-refractivity contribution in [1.82, 2.24) is 15.5 Å². The van der Waals surface area contributed by atoms with E-state index in [9.17, 15) is 14.4 Å². The number of allylic oxidation sites excluding steroid dienone is 2. The zero-order valence-electron chi connectivity index (χ0n) is 25.9. The summed E-state index contributed by atoms with van der Waals surface area (Å²) in [4.78, 5) is 43.3. The topological polar surface area (TPSA) is 97.0 Å². The fourth-order valence-electron chi connectivity index (χ4n) is 6.56. The van der Waals surface area contributed by atoms with E-state index in [0.29, 0.717) is 75.6 Å². The molecule has 0 unspecified atom stereocenters. The number of hydrogen-bond donors (Lipinski definition) is 2. The second kappa shape index (κ2) is 13.7. The number of carbonyl (C=O) groups excluding carboxylic acids is 3. The Morgan fingerprint density at radius 3 is 2.57 bits per heavy atom. The molecule has 0 saturated carbocycles. The van der Waals surface area contributed by atoms with Crippen LogP contribution in [0.1, 0.15) is 57.1 Å². The van der Waals surface area contributed by atoms with E-state index in [2.05, 4.69) is 22.8 Å². The van der Waals surface area contributed by atoms with E-state index in [4.69, 9.17) is 21.1 Å². The van der Waals surface area contributed by atoms with Crippen molar-refractivity contribution in [3.63, 3.8) is 0 Å². The van der Waals surface area contributed by atoms with Gasteiger partial charge in [-0.15, -0.1) is 0 Å². The van der Waals surface area contributed by atoms with Crippen molar-refractivity contribution in [2.24, 2.45) is 11.3 Å². The lowest BCUT2D eigenvalue weighted by Crippen LogP contribution is -2.60. The molecule has 9 heteroatoms. The third-order valence-electron chi connectivity index (χ3n) is 9.32. The molecule has 0 aliphatic carbocycles. The molecule has 3 heterocycles. The molecule has 0 bridgehead atoms. The molecule has 1 spiro atoms. The fraction of sp³-hybridized carbons (Fsp3) is 0.514. The normalized spacial score (nSPS) is 24.4. The number of ether oxygens (including phenoxy) is 2. The molecule has 0 radical (unpaired) electrons. The molecule has 2 aromatic carbocycles. The van der Waals surface area contributed by atoms with Crippen molar-refractivity contribution in [2.75, 3.05) is 26.3 Å². The summed E-state index contributed by atoms with van der Waals surface area (Å²) >= 11 is 6.18. The van der Waals surface area contributed by atoms with Gasteiger partial charge in [0.15, 0.2) is 5.60 Å². The molecule has 44 heavy (non-hydrogen) atoms. The number of amides is 3. The zero-order chi connectivity index (χ0) is 31.3. The van der Waals surface area contributed by atoms with Crippen LogP contribution in [-0.2, 0) is 25.5 Å². The number of likely N-dealkylation sites (tertiary alicyclic amines) is 1. The first kappa shape index (κ1) is 32.0. The lowest BCUT2D eigenvalue weighted by molar-refractivity contribution is -0.148. The lowest BCUT2D eigenvalue weighted by Gasteiger charge is -2.42. The molecule has 3 atom stereocenters. The molecule has 5 rings (SSSR count). The molecule has 8 nitrogen and oxygen atoms in total. The molecule has 3 amide bonds. The van der Waals surface area contributed by atoms with Gasteiger partial charge >= 0.3 is 0 Å². The number of fused-ring (bicyclic) bond motifs is 1. The van der Waals surface area contributed by atoms with Gasteiger partial charge < -0.3 is 25.0 Å². The summed E-state index contributed by atoms with van der Waals surface area (Å²) in [6.45, 7) is 7.51. The third-order valence-corrected chi connectivity index (χ3v) is 9.74. The highest BCUT2D eigenvalue weighted by molar-refractivity contribution is 6.31. The number of piperidine rings is 1. The number of hydrogen-bond acceptors (Lipinski definition) is 5. The molecule has 2 fully saturated rings. The van der Waals surface area contributed by atoms with Crippen LogP contribution >= 0.6 is 11.6 Å². The molecule has 236 valence electrons. The van der Waals surface area contributed by atoms with Crippen molar-refractivity contribution in [3.8, 4) is 5.75 Å². The summed E-state index contributed by atoms with van der Waals surface area (Å²) in [5.41, 5.74) is 0.167. The SMILES string of the molecule is Cc1cc(OC(C)(C)C(=O)N2CC[C@@H]3NC(=O)[C@@H](Cc4ccccc4)NC(=O)C4(CC=CC[C@@H]3C2)CCOCC4)ccc1Cl. The standard InChI is InChI=1S/C35H44ClN3O5/c1-24-21-27(12-13-28(24)36)44-34(2,3)33(42)39-18-14-29-26(23-39)11-7-8-15-35(16-19-43-20-17-35)32(41)38-30(31(40)37-29)22-25-9-5-4-6-10-25/h4-10,12-13,21,26,29-30H,11,14-20,22-23H2,1-3H3,(H,37,40)(H,38,41)/t26-,29+,30-/m1/s1. The molecule has 3 aliphatic heterocycles. The Morgan fingerprint density at radius 2 is 1.84 bits per heavy atom. The summed E-state index contributed by atoms with van der Waals surface area (Å²) in [5, 5.41) is 7.06. The Hall–Kier alpha value is -3.36. The first-order valence-corrected chi connectivity index (χ1v) is 16.1. The van der Waals surface area contributed by atoms with Gasteiger partial charge in [0.05, 0.1) is 5.41 Å². The lowest BCUT2D eigenvalue weighted by atomic mass is 9.75. The number of halogens is 1. The maximum Gasteiger partial charge on any atom is 0.266 e. The van der Waals surface area contributed by atoms with Gasteiger partial charge in [-0.3, -0.25) is 14.4 Å². The minimum absolute atomic E-state index is 0.0135. The van der Waals surface area contributed by atoms with Crippen molar-refractivity contribution in [1.29, 1.82) is 0 Å². The third kappa shape index (κ3) is 7.46. The van der Waals surface area contributed by atoms with Gasteiger partial charge in [0.1, 0.15) is 11.8 Å². The number of aryl methyl sites for hydroxylation is 1. The summed E-state index contributed by atoms with van der Waals surface area (Å²) in [6, 6.07) is 14.3. The van der Waals surface area contributed by atoms with Crippen LogP contribution in [-0.4, -0.2) is 66.6 Å². The molecular formula is C35H44ClN3O5. The van der Waals surface area contributed by atoms with Crippen LogP contribution in [0.25, 0.3) is 0 Å². The van der Waals surface area contributed by atoms with Gasteiger partial charge in [0.2, 0.25) is 11.8 Å². The monoisotopic (exact) mass is 621 g/mol. The largest absolute Gasteiger partial charge is 0.478 e. The maximum atomic E-state index is 13.9. The van der Waals surface area contributed by atoms with E-state index < -0.39 is 17.1 Å². The fourth-order valence-corrected chi connectivity index (χ4v) is 6.68. The summed E-state index contributed by atoms with van der Waals surface area (Å²) in [7, 11) is 0. The van der Waals surface area contributed by atoms with Crippen molar-refractivity contribution >= 4 is 29.3 Å². The van der Waals surface area contributed by atoms with Crippen LogP contribution in [0.4, 0.5) is 0 Å². The number of rotatable bonds is 5. The summed E-state index contributed by atoms with van der Waals surface area (Å²) < 4.78 is 11.8. The van der Waals surface area contributed by atoms with Gasteiger partial charge in [0.25, 0.3) is 5.91 Å². The number of nitrogens with one attached hydrogen (secondary N) is 2. The van der Waals surface area contributed by atoms with Gasteiger partial charge in [-0.05, 0) is 82.2 Å². The first-order valence-electron chi connectivity index (χ1n) is 15.7. The van der Waals surface area contributed by atoms with E-state index in [1.807, 2.05) is 48.2 Å². The average Bonchev–Trinajstić information content (AvgIpc) is 3.01. The van der Waals surface area contributed by atoms with Crippen LogP contribution in [0, 0.1) is 18.3 Å². The Kier molecular flexibility index (Phi) is 10.0. The van der Waals surface area contributed by atoms with Crippen LogP contribution < -0.4 is 15.4 Å². The van der Waals surface area contributed by atoms with Crippen LogP contribution in [0.3, 0.4) is 0 Å². The van der Waals surface area contributed by atoms with E-state index in [-0.39, 0.29) is 29.7 Å². The highest BCUT2D eigenvalue weighted by atomic mass is 35.5. The molecule has 2 N–H and O–H groups in total. The Balaban J connectivity index is 1.35. The number of benzene rings is 2. The minimum Gasteiger partial charge on any atom is -0.478 e. The second-order valence-electron chi connectivity index (χ2n) is 13.0. The van der Waals surface area contributed by atoms with E-state index in [0.717, 1.165) is 11.1 Å². The molecule has 3 aliphatic rings. The van der Waals surface area contributed by atoms with Crippen LogP contribution in [0.5, 0.6) is 5.75 Å². The first-order chi connectivity index (χ1) is 21.1. The second-order valence-corrected chi connectivity index (χ2v) is 13.4. The Bertz CT molecular complexity index is 1370. The van der Waals surface area contributed by atoms with Gasteiger partial charge in [0, 0.05) is 49.7 Å². The molecule has 2 aromatic rings. The smallest absolute Gasteiger partial charge is 0.266 e. The van der Waals surface area contributed by atoms with Crippen molar-refractivity contribution in [2.45, 2.75) is 77.0 Å². The molecular weight excluding hydrogens is 578 g/mol. The van der Waals surface area contributed by atoms with Crippen LogP contribution in [0.2, 0.25) is 5.02 Å². The zero-order valence-corrected chi connectivity index (χ0v) is 26.7. The quantitative estimate of drug-likeness (QED) is 0.458. The van der Waals surface area contributed by atoms with Crippen molar-refractivity contribution < 1.29 is 23.9 Å². The maximum absolute atomic E-state index is 13.9. The van der Waals surface area contributed by atoms with Crippen molar-refractivity contribution in [3.05, 3.63) is 76.8 Å². The number of nitrogens with zero attached hydrogens (tertiary/aromatic N) is 1. The number of carbonyl (C=O) groups is 3. The highest BCUT2D eigenvalue weighted by Gasteiger charge is 2.43. The van der Waals surface area contributed by atoms with Gasteiger partial charge in [-0.2, -0.15) is 0 Å². The van der Waals surface area contributed by atoms with Gasteiger partial charge in [-0.1, -0.05) is 54.1 Å². The van der Waals surface area contributed by atoms with E-state index in [1.165, 1.54) is 0 Å². The minimum atomic E-state index is -1.09. The molecule has 0 aromatic heterocycles. The summed E-state index contributed by atoms with van der Waals surface area (Å²) in [6.07, 6.45) is 7.72. The van der Waals surface area contributed by atoms with Gasteiger partial charge in [-0.25, -0.2) is 0 Å². The predicted octanol–water partition coefficient (Wildman–Crippen LogP) is 5.01. The highest BCUT2D eigenvalue weighted by Crippen LogP contribution is 2.36. The van der Waals surface area contributed by atoms with E-state index in [1.54, 1.807) is 26.0 Å². The summed E-state index contributed by atoms with van der Waals surface area (Å²) in [5.74, 6) is 0.234. The Morgan fingerprint density at radius 1 is 1.09 bits per heavy atom.